The van der Waals surface area contributed by atoms with E-state index in [2.05, 4.69) is 4.98 Å². The number of anilines is 2. The van der Waals surface area contributed by atoms with Crippen LogP contribution in [0.3, 0.4) is 0 Å². The summed E-state index contributed by atoms with van der Waals surface area (Å²) in [6.07, 6.45) is -1.73. The van der Waals surface area contributed by atoms with Gasteiger partial charge in [0.15, 0.2) is 0 Å². The molecule has 1 aromatic heterocycles. The monoisotopic (exact) mass is 293 g/mol. The molecule has 0 aliphatic heterocycles. The van der Waals surface area contributed by atoms with E-state index >= 15 is 0 Å². The van der Waals surface area contributed by atoms with E-state index in [1.807, 2.05) is 0 Å². The Kier molecular flexibility index (Phi) is 3.04. The summed E-state index contributed by atoms with van der Waals surface area (Å²) < 4.78 is 38.5. The highest BCUT2D eigenvalue weighted by molar-refractivity contribution is 5.74. The van der Waals surface area contributed by atoms with E-state index < -0.39 is 11.7 Å². The van der Waals surface area contributed by atoms with E-state index in [1.165, 1.54) is 6.07 Å². The van der Waals surface area contributed by atoms with Crippen molar-refractivity contribution in [1.82, 2.24) is 4.98 Å². The molecule has 4 N–H and O–H groups in total. The van der Waals surface area contributed by atoms with Crippen molar-refractivity contribution in [3.05, 3.63) is 41.6 Å². The van der Waals surface area contributed by atoms with Crippen molar-refractivity contribution >= 4 is 11.4 Å². The average Bonchev–Trinajstić information content (AvgIpc) is 3.25. The number of nitrogens with zero attached hydrogens (tertiary/aromatic N) is 1. The van der Waals surface area contributed by atoms with Gasteiger partial charge in [0.1, 0.15) is 0 Å². The Morgan fingerprint density at radius 3 is 2.33 bits per heavy atom. The number of nitrogen functional groups attached to an aromatic ring is 2. The maximum Gasteiger partial charge on any atom is 0.417 e. The number of rotatable bonds is 2. The van der Waals surface area contributed by atoms with Gasteiger partial charge < -0.3 is 11.5 Å². The molecule has 0 bridgehead atoms. The molecule has 0 radical (unpaired) electrons. The van der Waals surface area contributed by atoms with Gasteiger partial charge in [-0.3, -0.25) is 4.98 Å². The fourth-order valence-electron chi connectivity index (χ4n) is 2.31. The quantitative estimate of drug-likeness (QED) is 0.827. The normalized spacial score (nSPS) is 15.2. The van der Waals surface area contributed by atoms with Crippen molar-refractivity contribution in [3.8, 4) is 11.3 Å². The highest BCUT2D eigenvalue weighted by atomic mass is 19.4. The molecule has 21 heavy (non-hydrogen) atoms. The largest absolute Gasteiger partial charge is 0.417 e. The first-order valence-corrected chi connectivity index (χ1v) is 6.59. The van der Waals surface area contributed by atoms with Crippen molar-refractivity contribution in [2.45, 2.75) is 24.9 Å². The first-order valence-electron chi connectivity index (χ1n) is 6.59. The van der Waals surface area contributed by atoms with Crippen LogP contribution in [0, 0.1) is 0 Å². The molecule has 1 aromatic carbocycles. The molecule has 3 nitrogen and oxygen atoms in total. The minimum atomic E-state index is -4.38. The molecule has 0 amide bonds. The maximum absolute atomic E-state index is 12.8. The number of alkyl halides is 3. The highest BCUT2D eigenvalue weighted by Crippen LogP contribution is 2.45. The Labute approximate surface area is 119 Å². The van der Waals surface area contributed by atoms with E-state index in [0.717, 1.165) is 19.0 Å². The molecule has 0 saturated heterocycles. The van der Waals surface area contributed by atoms with Crippen molar-refractivity contribution in [1.29, 1.82) is 0 Å². The van der Waals surface area contributed by atoms with Crippen LogP contribution in [0.15, 0.2) is 30.5 Å². The summed E-state index contributed by atoms with van der Waals surface area (Å²) in [6.45, 7) is 0. The number of nitrogens with two attached hydrogens (primary N) is 2. The zero-order valence-electron chi connectivity index (χ0n) is 11.1. The Hall–Kier alpha value is -2.24. The van der Waals surface area contributed by atoms with Gasteiger partial charge in [0.05, 0.1) is 22.6 Å². The lowest BCUT2D eigenvalue weighted by atomic mass is 10.00. The first-order chi connectivity index (χ1) is 9.86. The van der Waals surface area contributed by atoms with Crippen LogP contribution in [0.5, 0.6) is 0 Å². The van der Waals surface area contributed by atoms with E-state index in [9.17, 15) is 13.2 Å². The average molecular weight is 293 g/mol. The minimum absolute atomic E-state index is 0.147. The Bertz CT molecular complexity index is 691. The van der Waals surface area contributed by atoms with E-state index in [-0.39, 0.29) is 5.92 Å². The number of hydrogen-bond donors (Lipinski definition) is 2. The summed E-state index contributed by atoms with van der Waals surface area (Å²) >= 11 is 0. The topological polar surface area (TPSA) is 64.9 Å². The van der Waals surface area contributed by atoms with Gasteiger partial charge in [-0.15, -0.1) is 0 Å². The van der Waals surface area contributed by atoms with Gasteiger partial charge in [-0.25, -0.2) is 0 Å². The van der Waals surface area contributed by atoms with Gasteiger partial charge >= 0.3 is 6.18 Å². The molecule has 1 fully saturated rings. The number of aromatic nitrogens is 1. The Morgan fingerprint density at radius 1 is 1.05 bits per heavy atom. The third-order valence-electron chi connectivity index (χ3n) is 3.62. The second-order valence-electron chi connectivity index (χ2n) is 5.28. The molecule has 1 aliphatic rings. The van der Waals surface area contributed by atoms with Gasteiger partial charge in [0.25, 0.3) is 0 Å². The maximum atomic E-state index is 12.8. The third kappa shape index (κ3) is 2.66. The molecule has 0 atom stereocenters. The summed E-state index contributed by atoms with van der Waals surface area (Å²) in [7, 11) is 0. The predicted octanol–water partition coefficient (Wildman–Crippen LogP) is 3.81. The van der Waals surface area contributed by atoms with Crippen LogP contribution >= 0.6 is 0 Å². The summed E-state index contributed by atoms with van der Waals surface area (Å²) in [5.41, 5.74) is 13.4. The second kappa shape index (κ2) is 4.65. The van der Waals surface area contributed by atoms with Crippen LogP contribution in [0.4, 0.5) is 24.5 Å². The zero-order valence-corrected chi connectivity index (χ0v) is 11.1. The van der Waals surface area contributed by atoms with Crippen molar-refractivity contribution in [2.75, 3.05) is 11.5 Å². The van der Waals surface area contributed by atoms with Gasteiger partial charge in [-0.2, -0.15) is 13.2 Å². The Balaban J connectivity index is 2.11. The number of benzene rings is 1. The van der Waals surface area contributed by atoms with Crippen LogP contribution in [-0.4, -0.2) is 4.98 Å². The molecule has 3 rings (SSSR count). The Morgan fingerprint density at radius 2 is 1.76 bits per heavy atom. The van der Waals surface area contributed by atoms with Crippen LogP contribution < -0.4 is 11.5 Å². The number of pyridine rings is 1. The zero-order chi connectivity index (χ0) is 15.2. The molecule has 110 valence electrons. The molecule has 1 aliphatic carbocycles. The SMILES string of the molecule is Nc1ccc(-c2ncc(C(F)(F)F)cc2C2CC2)cc1N. The van der Waals surface area contributed by atoms with Crippen LogP contribution in [-0.2, 0) is 6.18 Å². The van der Waals surface area contributed by atoms with E-state index in [1.54, 1.807) is 18.2 Å². The van der Waals surface area contributed by atoms with Gasteiger partial charge in [0, 0.05) is 11.8 Å². The fourth-order valence-corrected chi connectivity index (χ4v) is 2.31. The number of hydrogen-bond acceptors (Lipinski definition) is 3. The molecule has 2 aromatic rings. The van der Waals surface area contributed by atoms with Crippen molar-refractivity contribution < 1.29 is 13.2 Å². The molecular formula is C15H14F3N3. The minimum Gasteiger partial charge on any atom is -0.397 e. The van der Waals surface area contributed by atoms with E-state index in [0.29, 0.717) is 28.2 Å². The van der Waals surface area contributed by atoms with Gasteiger partial charge in [-0.05, 0) is 42.5 Å². The van der Waals surface area contributed by atoms with Crippen molar-refractivity contribution in [3.63, 3.8) is 0 Å². The lowest BCUT2D eigenvalue weighted by molar-refractivity contribution is -0.137. The fraction of sp³-hybridized carbons (Fsp3) is 0.267. The molecule has 1 saturated carbocycles. The third-order valence-corrected chi connectivity index (χ3v) is 3.62. The molecular weight excluding hydrogens is 279 g/mol. The molecule has 0 unspecified atom stereocenters. The summed E-state index contributed by atoms with van der Waals surface area (Å²) in [5, 5.41) is 0. The molecule has 1 heterocycles. The summed E-state index contributed by atoms with van der Waals surface area (Å²) in [5.74, 6) is 0.147. The van der Waals surface area contributed by atoms with Crippen LogP contribution in [0.2, 0.25) is 0 Å². The second-order valence-corrected chi connectivity index (χ2v) is 5.28. The van der Waals surface area contributed by atoms with Crippen LogP contribution in [0.25, 0.3) is 11.3 Å². The van der Waals surface area contributed by atoms with Crippen molar-refractivity contribution in [2.24, 2.45) is 0 Å². The smallest absolute Gasteiger partial charge is 0.397 e. The predicted molar refractivity (Wildman–Crippen MR) is 75.5 cm³/mol. The lowest BCUT2D eigenvalue weighted by Crippen LogP contribution is -2.07. The van der Waals surface area contributed by atoms with Gasteiger partial charge in [-0.1, -0.05) is 6.07 Å². The molecule has 0 spiro atoms. The van der Waals surface area contributed by atoms with E-state index in [4.69, 9.17) is 11.5 Å². The molecule has 6 heteroatoms. The highest BCUT2D eigenvalue weighted by Gasteiger charge is 2.34. The van der Waals surface area contributed by atoms with Gasteiger partial charge in [0.2, 0.25) is 0 Å². The summed E-state index contributed by atoms with van der Waals surface area (Å²) in [6, 6.07) is 6.22. The standard InChI is InChI=1S/C15H14F3N3/c16-15(17,18)10-6-11(8-1-2-8)14(21-7-10)9-3-4-12(19)13(20)5-9/h3-8H,1-2,19-20H2. The summed E-state index contributed by atoms with van der Waals surface area (Å²) in [4.78, 5) is 4.03. The van der Waals surface area contributed by atoms with Crippen LogP contribution in [0.1, 0.15) is 29.9 Å². The lowest BCUT2D eigenvalue weighted by Gasteiger charge is -2.13. The number of halogens is 3. The first kappa shape index (κ1) is 13.7.